The number of rotatable bonds is 0. The minimum atomic E-state index is -3.13. The van der Waals surface area contributed by atoms with Gasteiger partial charge in [0.2, 0.25) is 0 Å². The van der Waals surface area contributed by atoms with Crippen LogP contribution in [-0.4, -0.2) is 9.79 Å². The van der Waals surface area contributed by atoms with Gasteiger partial charge in [0.25, 0.3) is 0 Å². The molecule has 2 aromatic carbocycles. The van der Waals surface area contributed by atoms with Crippen LogP contribution in [0.1, 0.15) is 11.1 Å². The molecule has 0 aromatic heterocycles. The van der Waals surface area contributed by atoms with Gasteiger partial charge in [-0.3, -0.25) is 4.57 Å². The quantitative estimate of drug-likeness (QED) is 0.705. The summed E-state index contributed by atoms with van der Waals surface area (Å²) in [6.07, 6.45) is 5.53. The molecule has 0 aliphatic heterocycles. The van der Waals surface area contributed by atoms with Crippen LogP contribution in [0.4, 0.5) is 0 Å². The highest BCUT2D eigenvalue weighted by Crippen LogP contribution is 2.27. The van der Waals surface area contributed by atoms with E-state index in [2.05, 4.69) is 48.6 Å². The molecule has 0 heterocycles. The van der Waals surface area contributed by atoms with Gasteiger partial charge in [-0.15, -0.1) is 0 Å². The van der Waals surface area contributed by atoms with Crippen molar-refractivity contribution >= 4 is 25.1 Å². The lowest BCUT2D eigenvalue weighted by Gasteiger charge is -2.11. The van der Waals surface area contributed by atoms with E-state index in [9.17, 15) is 0 Å². The lowest BCUT2D eigenvalue weighted by Crippen LogP contribution is -1.91. The molecule has 1 aliphatic carbocycles. The third-order valence-electron chi connectivity index (χ3n) is 2.66. The SMILES string of the molecule is C1=Cc2cccc3cccc(c23)C1.O=[PH](O)O. The number of benzene rings is 2. The highest BCUT2D eigenvalue weighted by atomic mass is 31.1. The second kappa shape index (κ2) is 5.28. The van der Waals surface area contributed by atoms with Crippen molar-refractivity contribution in [2.24, 2.45) is 0 Å². The molecule has 88 valence electrons. The van der Waals surface area contributed by atoms with Gasteiger partial charge in [-0.25, -0.2) is 0 Å². The van der Waals surface area contributed by atoms with Crippen LogP contribution in [0.3, 0.4) is 0 Å². The molecule has 3 nitrogen and oxygen atoms in total. The van der Waals surface area contributed by atoms with Crippen molar-refractivity contribution in [3.63, 3.8) is 0 Å². The van der Waals surface area contributed by atoms with Gasteiger partial charge in [-0.1, -0.05) is 48.6 Å². The zero-order valence-corrected chi connectivity index (χ0v) is 10.1. The van der Waals surface area contributed by atoms with Crippen molar-refractivity contribution < 1.29 is 14.4 Å². The molecule has 0 spiro atoms. The molecule has 0 fully saturated rings. The first-order chi connectivity index (χ1) is 8.18. The van der Waals surface area contributed by atoms with Gasteiger partial charge in [0.1, 0.15) is 0 Å². The lowest BCUT2D eigenvalue weighted by molar-refractivity contribution is 0.405. The first-order valence-electron chi connectivity index (χ1n) is 5.27. The van der Waals surface area contributed by atoms with E-state index in [1.807, 2.05) is 0 Å². The molecule has 3 rings (SSSR count). The van der Waals surface area contributed by atoms with E-state index in [1.54, 1.807) is 0 Å². The van der Waals surface area contributed by atoms with Crippen molar-refractivity contribution in [1.29, 1.82) is 0 Å². The third-order valence-corrected chi connectivity index (χ3v) is 2.66. The summed E-state index contributed by atoms with van der Waals surface area (Å²) >= 11 is 0. The Kier molecular flexibility index (Phi) is 3.75. The number of allylic oxidation sites excluding steroid dienone is 1. The fourth-order valence-corrected chi connectivity index (χ4v) is 2.07. The average molecular weight is 248 g/mol. The maximum Gasteiger partial charge on any atom is 0.314 e. The molecule has 4 heteroatoms. The molecule has 17 heavy (non-hydrogen) atoms. The summed E-state index contributed by atoms with van der Waals surface area (Å²) in [5, 5.41) is 2.80. The lowest BCUT2D eigenvalue weighted by atomic mass is 9.93. The molecule has 2 N–H and O–H groups in total. The Bertz CT molecular complexity index is 581. The van der Waals surface area contributed by atoms with Gasteiger partial charge in [-0.05, 0) is 28.3 Å². The monoisotopic (exact) mass is 248 g/mol. The fraction of sp³-hybridized carbons (Fsp3) is 0.0769. The Morgan fingerprint density at radius 2 is 1.71 bits per heavy atom. The summed E-state index contributed by atoms with van der Waals surface area (Å²) in [6.45, 7) is 0. The topological polar surface area (TPSA) is 57.5 Å². The van der Waals surface area contributed by atoms with E-state index in [1.165, 1.54) is 21.9 Å². The second-order valence-electron chi connectivity index (χ2n) is 3.75. The number of hydrogen-bond donors (Lipinski definition) is 2. The van der Waals surface area contributed by atoms with Crippen molar-refractivity contribution in [2.45, 2.75) is 6.42 Å². The maximum absolute atomic E-state index is 8.74. The summed E-state index contributed by atoms with van der Waals surface area (Å²) in [6, 6.07) is 13.0. The second-order valence-corrected chi connectivity index (χ2v) is 4.32. The van der Waals surface area contributed by atoms with Gasteiger partial charge in [0.15, 0.2) is 0 Å². The van der Waals surface area contributed by atoms with Gasteiger partial charge in [0, 0.05) is 0 Å². The maximum atomic E-state index is 8.74. The van der Waals surface area contributed by atoms with Crippen molar-refractivity contribution in [1.82, 2.24) is 0 Å². The van der Waals surface area contributed by atoms with Gasteiger partial charge >= 0.3 is 8.25 Å². The molecule has 0 unspecified atom stereocenters. The van der Waals surface area contributed by atoms with Crippen molar-refractivity contribution in [3.05, 3.63) is 53.6 Å². The fourth-order valence-electron chi connectivity index (χ4n) is 2.07. The predicted molar refractivity (Wildman–Crippen MR) is 70.1 cm³/mol. The van der Waals surface area contributed by atoms with Crippen LogP contribution in [-0.2, 0) is 11.0 Å². The molecule has 1 aliphatic rings. The zero-order valence-electron chi connectivity index (χ0n) is 9.13. The molecule has 0 amide bonds. The van der Waals surface area contributed by atoms with Gasteiger partial charge in [-0.2, -0.15) is 0 Å². The molecule has 0 radical (unpaired) electrons. The van der Waals surface area contributed by atoms with Crippen LogP contribution in [0.5, 0.6) is 0 Å². The summed E-state index contributed by atoms with van der Waals surface area (Å²) in [5.74, 6) is 0. The highest BCUT2D eigenvalue weighted by Gasteiger charge is 2.06. The Labute approximate surface area is 100.0 Å². The van der Waals surface area contributed by atoms with Crippen LogP contribution < -0.4 is 0 Å². The minimum Gasteiger partial charge on any atom is -0.326 e. The first-order valence-corrected chi connectivity index (χ1v) is 6.58. The standard InChI is InChI=1S/C13H10.H3O3P/c1-4-10-6-2-8-12-9-3-7-11(5-1)13(10)12;1-4(2)3/h1-8H,9H2;4H,(H2,1,2,3). The molecule has 0 saturated heterocycles. The van der Waals surface area contributed by atoms with Gasteiger partial charge < -0.3 is 9.79 Å². The van der Waals surface area contributed by atoms with Crippen LogP contribution in [0.2, 0.25) is 0 Å². The largest absolute Gasteiger partial charge is 0.326 e. The number of hydrogen-bond acceptors (Lipinski definition) is 1. The van der Waals surface area contributed by atoms with Crippen LogP contribution >= 0.6 is 8.25 Å². The highest BCUT2D eigenvalue weighted by molar-refractivity contribution is 7.30. The van der Waals surface area contributed by atoms with E-state index in [0.717, 1.165) is 6.42 Å². The van der Waals surface area contributed by atoms with Crippen LogP contribution in [0.25, 0.3) is 16.8 Å². The van der Waals surface area contributed by atoms with E-state index < -0.39 is 8.25 Å². The van der Waals surface area contributed by atoms with Crippen LogP contribution in [0.15, 0.2) is 42.5 Å². The smallest absolute Gasteiger partial charge is 0.314 e. The molecular weight excluding hydrogens is 235 g/mol. The van der Waals surface area contributed by atoms with E-state index in [4.69, 9.17) is 14.4 Å². The predicted octanol–water partition coefficient (Wildman–Crippen LogP) is 2.77. The van der Waals surface area contributed by atoms with Crippen molar-refractivity contribution in [2.75, 3.05) is 0 Å². The molecular formula is C13H13O3P. The third kappa shape index (κ3) is 2.83. The normalized spacial score (nSPS) is 12.4. The van der Waals surface area contributed by atoms with E-state index in [0.29, 0.717) is 0 Å². The summed E-state index contributed by atoms with van der Waals surface area (Å²) in [7, 11) is -3.13. The summed E-state index contributed by atoms with van der Waals surface area (Å²) < 4.78 is 8.74. The average Bonchev–Trinajstić information content (AvgIpc) is 2.30. The van der Waals surface area contributed by atoms with Crippen LogP contribution in [0, 0.1) is 0 Å². The van der Waals surface area contributed by atoms with E-state index in [-0.39, 0.29) is 0 Å². The molecule has 0 atom stereocenters. The molecule has 0 saturated carbocycles. The first kappa shape index (κ1) is 12.1. The Morgan fingerprint density at radius 3 is 2.41 bits per heavy atom. The summed E-state index contributed by atoms with van der Waals surface area (Å²) in [4.78, 5) is 14.3. The Hall–Kier alpha value is -1.41. The Morgan fingerprint density at radius 1 is 1.06 bits per heavy atom. The Balaban J connectivity index is 0.000000239. The van der Waals surface area contributed by atoms with Crippen molar-refractivity contribution in [3.8, 4) is 0 Å². The molecule has 0 bridgehead atoms. The minimum absolute atomic E-state index is 1.08. The van der Waals surface area contributed by atoms with E-state index >= 15 is 0 Å². The summed E-state index contributed by atoms with van der Waals surface area (Å²) in [5.41, 5.74) is 2.81. The zero-order chi connectivity index (χ0) is 12.3. The molecule has 2 aromatic rings. The van der Waals surface area contributed by atoms with Gasteiger partial charge in [0.05, 0.1) is 0 Å².